The molecule has 4 nitrogen and oxygen atoms in total. The summed E-state index contributed by atoms with van der Waals surface area (Å²) in [6.07, 6.45) is 0. The van der Waals surface area contributed by atoms with Crippen molar-refractivity contribution < 1.29 is 19.8 Å². The number of carboxylic acid groups (broad SMARTS) is 2. The molecule has 0 radical (unpaired) electrons. The number of hydrogen-bond acceptors (Lipinski definition) is 2. The molecule has 0 aliphatic heterocycles. The molecule has 1 aromatic rings. The molecule has 2 N–H and O–H groups in total. The van der Waals surface area contributed by atoms with Crippen molar-refractivity contribution in [1.82, 2.24) is 0 Å². The molecule has 0 atom stereocenters. The van der Waals surface area contributed by atoms with Crippen molar-refractivity contribution in [1.29, 1.82) is 0 Å². The lowest BCUT2D eigenvalue weighted by molar-refractivity contribution is -0.135. The molecule has 4 heteroatoms. The molecule has 0 unspecified atom stereocenters. The fourth-order valence-electron chi connectivity index (χ4n) is 0.385. The topological polar surface area (TPSA) is 74.6 Å². The third kappa shape index (κ3) is 49.3. The summed E-state index contributed by atoms with van der Waals surface area (Å²) >= 11 is 0. The Labute approximate surface area is 82.8 Å². The molecule has 1 aromatic carbocycles. The maximum absolute atomic E-state index is 9.00. The monoisotopic (exact) mass is 198 g/mol. The number of carbonyl (C=O) groups is 2. The largest absolute Gasteiger partial charge is 0.481 e. The summed E-state index contributed by atoms with van der Waals surface area (Å²) in [5.41, 5.74) is 0. The van der Waals surface area contributed by atoms with Crippen molar-refractivity contribution >= 4 is 11.9 Å². The van der Waals surface area contributed by atoms with E-state index in [4.69, 9.17) is 19.8 Å². The van der Waals surface area contributed by atoms with Crippen molar-refractivity contribution in [3.8, 4) is 0 Å². The molecule has 0 aromatic heterocycles. The number of benzene rings is 1. The van der Waals surface area contributed by atoms with Crippen LogP contribution >= 0.6 is 0 Å². The lowest BCUT2D eigenvalue weighted by Gasteiger charge is -1.69. The van der Waals surface area contributed by atoms with E-state index in [0.717, 1.165) is 13.8 Å². The minimum Gasteiger partial charge on any atom is -0.481 e. The Bertz CT molecular complexity index is 197. The van der Waals surface area contributed by atoms with Crippen LogP contribution in [-0.2, 0) is 9.59 Å². The average molecular weight is 198 g/mol. The number of rotatable bonds is 0. The van der Waals surface area contributed by atoms with Gasteiger partial charge < -0.3 is 10.2 Å². The van der Waals surface area contributed by atoms with Gasteiger partial charge in [0.05, 0.1) is 0 Å². The molecule has 0 spiro atoms. The number of carboxylic acids is 2. The van der Waals surface area contributed by atoms with Crippen molar-refractivity contribution in [2.75, 3.05) is 0 Å². The van der Waals surface area contributed by atoms with Gasteiger partial charge in [0.15, 0.2) is 0 Å². The van der Waals surface area contributed by atoms with Gasteiger partial charge in [-0.1, -0.05) is 36.4 Å². The minimum absolute atomic E-state index is 0.833. The Morgan fingerprint density at radius 3 is 0.857 bits per heavy atom. The van der Waals surface area contributed by atoms with Gasteiger partial charge in [-0.05, 0) is 0 Å². The van der Waals surface area contributed by atoms with Crippen LogP contribution in [0.25, 0.3) is 0 Å². The van der Waals surface area contributed by atoms with Crippen molar-refractivity contribution in [2.45, 2.75) is 13.8 Å². The van der Waals surface area contributed by atoms with Crippen molar-refractivity contribution in [3.63, 3.8) is 0 Å². The van der Waals surface area contributed by atoms with Gasteiger partial charge in [0, 0.05) is 13.8 Å². The maximum Gasteiger partial charge on any atom is 0.300 e. The summed E-state index contributed by atoms with van der Waals surface area (Å²) in [6.45, 7) is 2.17. The lowest BCUT2D eigenvalue weighted by Crippen LogP contribution is -1.78. The van der Waals surface area contributed by atoms with E-state index in [2.05, 4.69) is 0 Å². The third-order valence-corrected chi connectivity index (χ3v) is 0.667. The van der Waals surface area contributed by atoms with Crippen LogP contribution in [0.5, 0.6) is 0 Å². The van der Waals surface area contributed by atoms with Crippen LogP contribution in [0.3, 0.4) is 0 Å². The average Bonchev–Trinajstić information content (AvgIpc) is 2.05. The normalized spacial score (nSPS) is 7.00. The van der Waals surface area contributed by atoms with Gasteiger partial charge >= 0.3 is 0 Å². The predicted octanol–water partition coefficient (Wildman–Crippen LogP) is 1.87. The Morgan fingerprint density at radius 2 is 0.786 bits per heavy atom. The molecule has 78 valence electrons. The van der Waals surface area contributed by atoms with Gasteiger partial charge in [0.2, 0.25) is 0 Å². The van der Waals surface area contributed by atoms with Crippen LogP contribution in [-0.4, -0.2) is 22.2 Å². The molecular formula is C10H14O4. The third-order valence-electron chi connectivity index (χ3n) is 0.667. The van der Waals surface area contributed by atoms with Crippen LogP contribution in [0.1, 0.15) is 13.8 Å². The minimum atomic E-state index is -0.833. The highest BCUT2D eigenvalue weighted by molar-refractivity contribution is 5.63. The molecule has 0 aliphatic carbocycles. The lowest BCUT2D eigenvalue weighted by atomic mass is 10.4. The van der Waals surface area contributed by atoms with E-state index in [1.807, 2.05) is 36.4 Å². The highest BCUT2D eigenvalue weighted by Gasteiger charge is 1.65. The van der Waals surface area contributed by atoms with Crippen LogP contribution in [0.2, 0.25) is 0 Å². The Hall–Kier alpha value is -1.84. The summed E-state index contributed by atoms with van der Waals surface area (Å²) in [7, 11) is 0. The van der Waals surface area contributed by atoms with Crippen LogP contribution in [0, 0.1) is 0 Å². The summed E-state index contributed by atoms with van der Waals surface area (Å²) in [6, 6.07) is 12.0. The molecule has 0 saturated heterocycles. The molecule has 0 fully saturated rings. The van der Waals surface area contributed by atoms with Gasteiger partial charge in [-0.25, -0.2) is 0 Å². The SMILES string of the molecule is CC(=O)O.CC(=O)O.c1ccccc1. The van der Waals surface area contributed by atoms with Crippen molar-refractivity contribution in [3.05, 3.63) is 36.4 Å². The van der Waals surface area contributed by atoms with Gasteiger partial charge in [0.25, 0.3) is 11.9 Å². The Balaban J connectivity index is 0. The first-order valence-corrected chi connectivity index (χ1v) is 3.86. The first-order chi connectivity index (χ1) is 6.46. The zero-order chi connectivity index (χ0) is 11.4. The summed E-state index contributed by atoms with van der Waals surface area (Å²) in [4.78, 5) is 18.0. The summed E-state index contributed by atoms with van der Waals surface area (Å²) < 4.78 is 0. The smallest absolute Gasteiger partial charge is 0.300 e. The first-order valence-electron chi connectivity index (χ1n) is 3.86. The van der Waals surface area contributed by atoms with Crippen LogP contribution < -0.4 is 0 Å². The van der Waals surface area contributed by atoms with E-state index in [0.29, 0.717) is 0 Å². The summed E-state index contributed by atoms with van der Waals surface area (Å²) in [5, 5.41) is 14.8. The molecule has 0 bridgehead atoms. The van der Waals surface area contributed by atoms with E-state index in [-0.39, 0.29) is 0 Å². The Kier molecular flexibility index (Phi) is 11.7. The maximum atomic E-state index is 9.00. The molecule has 14 heavy (non-hydrogen) atoms. The molecular weight excluding hydrogens is 184 g/mol. The number of aliphatic carboxylic acids is 2. The molecule has 0 heterocycles. The predicted molar refractivity (Wildman–Crippen MR) is 53.1 cm³/mol. The van der Waals surface area contributed by atoms with E-state index >= 15 is 0 Å². The molecule has 0 aliphatic rings. The van der Waals surface area contributed by atoms with Gasteiger partial charge in [-0.15, -0.1) is 0 Å². The van der Waals surface area contributed by atoms with Gasteiger partial charge in [-0.2, -0.15) is 0 Å². The van der Waals surface area contributed by atoms with Crippen LogP contribution in [0.4, 0.5) is 0 Å². The second-order valence-electron chi connectivity index (χ2n) is 2.19. The zero-order valence-electron chi connectivity index (χ0n) is 8.18. The fourth-order valence-corrected chi connectivity index (χ4v) is 0.385. The van der Waals surface area contributed by atoms with E-state index < -0.39 is 11.9 Å². The van der Waals surface area contributed by atoms with Gasteiger partial charge in [0.1, 0.15) is 0 Å². The highest BCUT2D eigenvalue weighted by Crippen LogP contribution is 1.79. The standard InChI is InChI=1S/C6H6.2C2H4O2/c1-2-4-6-5-3-1;2*1-2(3)4/h1-6H;2*1H3,(H,3,4). The second-order valence-corrected chi connectivity index (χ2v) is 2.19. The summed E-state index contributed by atoms with van der Waals surface area (Å²) in [5.74, 6) is -1.67. The first kappa shape index (κ1) is 14.7. The highest BCUT2D eigenvalue weighted by atomic mass is 16.4. The quantitative estimate of drug-likeness (QED) is 0.667. The zero-order valence-corrected chi connectivity index (χ0v) is 8.18. The fraction of sp³-hybridized carbons (Fsp3) is 0.200. The molecule has 1 rings (SSSR count). The van der Waals surface area contributed by atoms with Crippen LogP contribution in [0.15, 0.2) is 36.4 Å². The molecule has 0 amide bonds. The van der Waals surface area contributed by atoms with E-state index in [9.17, 15) is 0 Å². The van der Waals surface area contributed by atoms with E-state index in [1.54, 1.807) is 0 Å². The van der Waals surface area contributed by atoms with Crippen molar-refractivity contribution in [2.24, 2.45) is 0 Å². The number of hydrogen-bond donors (Lipinski definition) is 2. The molecule has 0 saturated carbocycles. The van der Waals surface area contributed by atoms with Gasteiger partial charge in [-0.3, -0.25) is 9.59 Å². The Morgan fingerprint density at radius 1 is 0.714 bits per heavy atom. The van der Waals surface area contributed by atoms with E-state index in [1.165, 1.54) is 0 Å². The second kappa shape index (κ2) is 11.2.